The summed E-state index contributed by atoms with van der Waals surface area (Å²) in [5.41, 5.74) is 1.32. The number of rotatable bonds is 3. The van der Waals surface area contributed by atoms with Crippen LogP contribution in [0.3, 0.4) is 0 Å². The van der Waals surface area contributed by atoms with Gasteiger partial charge >= 0.3 is 5.97 Å². The molecule has 1 aliphatic heterocycles. The highest BCUT2D eigenvalue weighted by atomic mass is 16.5. The Morgan fingerprint density at radius 3 is 2.77 bits per heavy atom. The number of nitrogens with zero attached hydrogens (tertiary/aromatic N) is 2. The van der Waals surface area contributed by atoms with E-state index in [4.69, 9.17) is 4.74 Å². The van der Waals surface area contributed by atoms with Gasteiger partial charge in [-0.15, -0.1) is 0 Å². The highest BCUT2D eigenvalue weighted by Crippen LogP contribution is 2.25. The normalized spacial score (nSPS) is 17.2. The predicted octanol–water partition coefficient (Wildman–Crippen LogP) is 1.65. The Morgan fingerprint density at radius 2 is 2.09 bits per heavy atom. The predicted molar refractivity (Wildman–Crippen MR) is 81.1 cm³/mol. The zero-order valence-electron chi connectivity index (χ0n) is 12.3. The number of carbonyl (C=O) groups excluding carboxylic acids is 1. The molecule has 114 valence electrons. The Balaban J connectivity index is 2.01. The van der Waals surface area contributed by atoms with Crippen LogP contribution in [0.4, 0.5) is 0 Å². The van der Waals surface area contributed by atoms with Crippen molar-refractivity contribution in [3.05, 3.63) is 42.1 Å². The summed E-state index contributed by atoms with van der Waals surface area (Å²) in [6.07, 6.45) is 3.23. The number of ether oxygens (including phenoxy) is 1. The second-order valence-corrected chi connectivity index (χ2v) is 5.18. The van der Waals surface area contributed by atoms with Crippen LogP contribution in [0.1, 0.15) is 10.5 Å². The molecule has 1 aromatic heterocycles. The van der Waals surface area contributed by atoms with Gasteiger partial charge in [0, 0.05) is 25.0 Å². The third kappa shape index (κ3) is 2.13. The van der Waals surface area contributed by atoms with E-state index in [0.717, 1.165) is 10.9 Å². The van der Waals surface area contributed by atoms with Gasteiger partial charge in [-0.25, -0.2) is 4.79 Å². The highest BCUT2D eigenvalue weighted by molar-refractivity contribution is 6.01. The van der Waals surface area contributed by atoms with Crippen LogP contribution >= 0.6 is 0 Å². The van der Waals surface area contributed by atoms with Gasteiger partial charge in [0.05, 0.1) is 12.6 Å². The van der Waals surface area contributed by atoms with E-state index in [0.29, 0.717) is 18.0 Å². The summed E-state index contributed by atoms with van der Waals surface area (Å²) >= 11 is 0. The van der Waals surface area contributed by atoms with E-state index in [-0.39, 0.29) is 5.91 Å². The van der Waals surface area contributed by atoms with Gasteiger partial charge in [-0.2, -0.15) is 0 Å². The molecule has 0 saturated heterocycles. The molecular weight excluding hydrogens is 284 g/mol. The largest absolute Gasteiger partial charge is 0.497 e. The molecular formula is C16H16N2O4. The molecule has 0 unspecified atom stereocenters. The fourth-order valence-corrected chi connectivity index (χ4v) is 2.73. The number of fused-ring (bicyclic) bond motifs is 1. The highest BCUT2D eigenvalue weighted by Gasteiger charge is 2.32. The van der Waals surface area contributed by atoms with Crippen LogP contribution in [0.25, 0.3) is 10.9 Å². The number of benzene rings is 1. The van der Waals surface area contributed by atoms with Crippen molar-refractivity contribution in [3.63, 3.8) is 0 Å². The summed E-state index contributed by atoms with van der Waals surface area (Å²) in [4.78, 5) is 25.2. The SMILES string of the molecule is COc1ccc2cc(C(=O)N3CC=C[C@@H]3C(=O)O)n(C)c2c1. The smallest absolute Gasteiger partial charge is 0.330 e. The number of aliphatic carboxylic acids is 1. The maximum atomic E-state index is 12.7. The van der Waals surface area contributed by atoms with Gasteiger partial charge in [0.2, 0.25) is 0 Å². The lowest BCUT2D eigenvalue weighted by Gasteiger charge is -2.21. The van der Waals surface area contributed by atoms with Gasteiger partial charge in [0.1, 0.15) is 17.5 Å². The van der Waals surface area contributed by atoms with Crippen molar-refractivity contribution in [3.8, 4) is 5.75 Å². The molecule has 2 heterocycles. The second-order valence-electron chi connectivity index (χ2n) is 5.18. The van der Waals surface area contributed by atoms with E-state index in [2.05, 4.69) is 0 Å². The maximum absolute atomic E-state index is 12.7. The molecule has 22 heavy (non-hydrogen) atoms. The van der Waals surface area contributed by atoms with Crippen LogP contribution < -0.4 is 4.74 Å². The zero-order chi connectivity index (χ0) is 15.9. The van der Waals surface area contributed by atoms with Crippen LogP contribution in [0.15, 0.2) is 36.4 Å². The molecule has 0 fully saturated rings. The summed E-state index contributed by atoms with van der Waals surface area (Å²) < 4.78 is 6.96. The van der Waals surface area contributed by atoms with Gasteiger partial charge in [0.15, 0.2) is 0 Å². The van der Waals surface area contributed by atoms with Crippen molar-refractivity contribution < 1.29 is 19.4 Å². The van der Waals surface area contributed by atoms with Crippen LogP contribution in [0.2, 0.25) is 0 Å². The van der Waals surface area contributed by atoms with E-state index in [1.165, 1.54) is 11.0 Å². The monoisotopic (exact) mass is 300 g/mol. The lowest BCUT2D eigenvalue weighted by atomic mass is 10.2. The Labute approximate surface area is 127 Å². The van der Waals surface area contributed by atoms with Gasteiger partial charge in [0.25, 0.3) is 5.91 Å². The first kappa shape index (κ1) is 14.2. The molecule has 0 radical (unpaired) electrons. The van der Waals surface area contributed by atoms with Crippen molar-refractivity contribution in [1.82, 2.24) is 9.47 Å². The topological polar surface area (TPSA) is 71.8 Å². The Hall–Kier alpha value is -2.76. The molecule has 0 aliphatic carbocycles. The van der Waals surface area contributed by atoms with Crippen LogP contribution in [0.5, 0.6) is 5.75 Å². The quantitative estimate of drug-likeness (QED) is 0.875. The number of carboxylic acid groups (broad SMARTS) is 1. The van der Waals surface area contributed by atoms with Crippen LogP contribution in [0, 0.1) is 0 Å². The average molecular weight is 300 g/mol. The first-order chi connectivity index (χ1) is 10.5. The number of hydrogen-bond donors (Lipinski definition) is 1. The van der Waals surface area contributed by atoms with Gasteiger partial charge in [-0.1, -0.05) is 12.2 Å². The summed E-state index contributed by atoms with van der Waals surface area (Å²) in [5.74, 6) is -0.614. The van der Waals surface area contributed by atoms with Crippen LogP contribution in [-0.2, 0) is 11.8 Å². The first-order valence-corrected chi connectivity index (χ1v) is 6.87. The molecule has 1 aliphatic rings. The van der Waals surface area contributed by atoms with E-state index in [1.807, 2.05) is 18.2 Å². The van der Waals surface area contributed by atoms with Crippen molar-refractivity contribution >= 4 is 22.8 Å². The fraction of sp³-hybridized carbons (Fsp3) is 0.250. The molecule has 6 nitrogen and oxygen atoms in total. The van der Waals surface area contributed by atoms with Gasteiger partial charge in [-0.05, 0) is 18.2 Å². The molecule has 0 saturated carbocycles. The maximum Gasteiger partial charge on any atom is 0.330 e. The number of carbonyl (C=O) groups is 2. The molecule has 1 aromatic carbocycles. The van der Waals surface area contributed by atoms with Crippen molar-refractivity contribution in [2.75, 3.05) is 13.7 Å². The van der Waals surface area contributed by atoms with Crippen molar-refractivity contribution in [2.45, 2.75) is 6.04 Å². The van der Waals surface area contributed by atoms with E-state index < -0.39 is 12.0 Å². The first-order valence-electron chi connectivity index (χ1n) is 6.87. The van der Waals surface area contributed by atoms with Crippen molar-refractivity contribution in [1.29, 1.82) is 0 Å². The molecule has 1 N–H and O–H groups in total. The minimum Gasteiger partial charge on any atom is -0.497 e. The summed E-state index contributed by atoms with van der Waals surface area (Å²) in [6.45, 7) is 0.306. The Kier molecular flexibility index (Phi) is 3.36. The molecule has 0 bridgehead atoms. The molecule has 0 spiro atoms. The summed E-state index contributed by atoms with van der Waals surface area (Å²) in [5, 5.41) is 10.1. The summed E-state index contributed by atoms with van der Waals surface area (Å²) in [7, 11) is 3.37. The van der Waals surface area contributed by atoms with Gasteiger partial charge in [-0.3, -0.25) is 4.79 Å². The molecule has 3 rings (SSSR count). The molecule has 2 aromatic rings. The third-order valence-electron chi connectivity index (χ3n) is 3.94. The van der Waals surface area contributed by atoms with Crippen molar-refractivity contribution in [2.24, 2.45) is 7.05 Å². The number of amides is 1. The third-order valence-corrected chi connectivity index (χ3v) is 3.94. The minimum atomic E-state index is -1.03. The summed E-state index contributed by atoms with van der Waals surface area (Å²) in [6, 6.07) is 6.42. The van der Waals surface area contributed by atoms with Gasteiger partial charge < -0.3 is 19.3 Å². The number of aromatic nitrogens is 1. The lowest BCUT2D eigenvalue weighted by molar-refractivity contribution is -0.140. The number of carboxylic acids is 1. The molecule has 6 heteroatoms. The lowest BCUT2D eigenvalue weighted by Crippen LogP contribution is -2.41. The molecule has 1 amide bonds. The average Bonchev–Trinajstić information content (AvgIpc) is 3.11. The van der Waals surface area contributed by atoms with E-state index >= 15 is 0 Å². The number of methoxy groups -OCH3 is 1. The number of aryl methyl sites for hydroxylation is 1. The molecule has 1 atom stereocenters. The fourth-order valence-electron chi connectivity index (χ4n) is 2.73. The number of hydrogen-bond acceptors (Lipinski definition) is 3. The van der Waals surface area contributed by atoms with E-state index in [1.54, 1.807) is 30.9 Å². The van der Waals surface area contributed by atoms with Crippen LogP contribution in [-0.4, -0.2) is 46.1 Å². The second kappa shape index (κ2) is 5.22. The standard InChI is InChI=1S/C16H16N2O4/c1-17-13-9-11(22-2)6-5-10(13)8-14(17)15(19)18-7-3-4-12(18)16(20)21/h3-6,8-9,12H,7H2,1-2H3,(H,20,21)/t12-/m1/s1. The Morgan fingerprint density at radius 1 is 1.32 bits per heavy atom. The Bertz CT molecular complexity index is 791. The van der Waals surface area contributed by atoms with E-state index in [9.17, 15) is 14.7 Å². The zero-order valence-corrected chi connectivity index (χ0v) is 12.3. The minimum absolute atomic E-state index is 0.296.